The van der Waals surface area contributed by atoms with Gasteiger partial charge in [0.15, 0.2) is 0 Å². The topological polar surface area (TPSA) is 105 Å². The van der Waals surface area contributed by atoms with Gasteiger partial charge in [0.2, 0.25) is 15.9 Å². The number of rotatable bonds is 7. The van der Waals surface area contributed by atoms with Gasteiger partial charge in [0.1, 0.15) is 11.8 Å². The molecular weight excluding hydrogens is 470 g/mol. The molecule has 1 aliphatic heterocycles. The largest absolute Gasteiger partial charge is 0.495 e. The normalized spacial score (nSPS) is 16.1. The van der Waals surface area contributed by atoms with Gasteiger partial charge in [0, 0.05) is 38.1 Å². The van der Waals surface area contributed by atoms with E-state index in [-0.39, 0.29) is 29.6 Å². The Kier molecular flexibility index (Phi) is 7.96. The number of benzene rings is 2. The Bertz CT molecular complexity index is 1130. The number of hydrogen-bond acceptors (Lipinski definition) is 7. The van der Waals surface area contributed by atoms with E-state index >= 15 is 0 Å². The van der Waals surface area contributed by atoms with E-state index in [9.17, 15) is 18.0 Å². The molecule has 1 unspecified atom stereocenters. The zero-order valence-electron chi connectivity index (χ0n) is 18.6. The Morgan fingerprint density at radius 3 is 2.30 bits per heavy atom. The van der Waals surface area contributed by atoms with Crippen LogP contribution in [0.4, 0.5) is 5.69 Å². The Balaban J connectivity index is 1.81. The van der Waals surface area contributed by atoms with Crippen molar-refractivity contribution in [1.29, 1.82) is 0 Å². The molecule has 1 atom stereocenters. The highest BCUT2D eigenvalue weighted by atomic mass is 35.5. The van der Waals surface area contributed by atoms with Gasteiger partial charge in [-0.05, 0) is 29.8 Å². The second-order valence-electron chi connectivity index (χ2n) is 7.43. The standard InChI is InChI=1S/C22H26ClN3O6S/c1-15(27)24-19-14-16(8-9-20(19)31-2)33(29,30)26-12-10-25(11-13-26)21(22(28)32-3)17-6-4-5-7-18(17)23/h4-9,14,21H,10-13H2,1-3H3,(H,24,27). The number of piperazine rings is 1. The van der Waals surface area contributed by atoms with E-state index in [1.54, 1.807) is 24.3 Å². The second-order valence-corrected chi connectivity index (χ2v) is 9.78. The number of halogens is 1. The summed E-state index contributed by atoms with van der Waals surface area (Å²) in [7, 11) is -1.09. The quantitative estimate of drug-likeness (QED) is 0.588. The number of carbonyl (C=O) groups is 2. The average molecular weight is 496 g/mol. The Hall–Kier alpha value is -2.66. The van der Waals surface area contributed by atoms with Crippen LogP contribution in [0.15, 0.2) is 47.4 Å². The molecule has 33 heavy (non-hydrogen) atoms. The van der Waals surface area contributed by atoms with Crippen molar-refractivity contribution in [3.63, 3.8) is 0 Å². The fourth-order valence-electron chi connectivity index (χ4n) is 3.77. The number of methoxy groups -OCH3 is 2. The maximum Gasteiger partial charge on any atom is 0.327 e. The van der Waals surface area contributed by atoms with Gasteiger partial charge >= 0.3 is 5.97 Å². The van der Waals surface area contributed by atoms with Crippen molar-refractivity contribution in [2.24, 2.45) is 0 Å². The summed E-state index contributed by atoms with van der Waals surface area (Å²) in [5, 5.41) is 3.02. The van der Waals surface area contributed by atoms with Gasteiger partial charge in [-0.15, -0.1) is 0 Å². The molecule has 1 fully saturated rings. The minimum absolute atomic E-state index is 0.0381. The highest BCUT2D eigenvalue weighted by molar-refractivity contribution is 7.89. The number of nitrogens with zero attached hydrogens (tertiary/aromatic N) is 2. The molecule has 2 aromatic rings. The lowest BCUT2D eigenvalue weighted by molar-refractivity contribution is -0.147. The summed E-state index contributed by atoms with van der Waals surface area (Å²) >= 11 is 6.32. The zero-order chi connectivity index (χ0) is 24.2. The van der Waals surface area contributed by atoms with Gasteiger partial charge in [-0.2, -0.15) is 4.31 Å². The molecule has 0 bridgehead atoms. The van der Waals surface area contributed by atoms with Crippen molar-refractivity contribution in [2.75, 3.05) is 45.7 Å². The van der Waals surface area contributed by atoms with E-state index in [2.05, 4.69) is 5.32 Å². The van der Waals surface area contributed by atoms with Gasteiger partial charge in [0.25, 0.3) is 0 Å². The van der Waals surface area contributed by atoms with E-state index in [1.807, 2.05) is 4.90 Å². The molecule has 1 amide bonds. The fourth-order valence-corrected chi connectivity index (χ4v) is 5.46. The van der Waals surface area contributed by atoms with Gasteiger partial charge in [-0.1, -0.05) is 29.8 Å². The smallest absolute Gasteiger partial charge is 0.327 e. The first-order valence-electron chi connectivity index (χ1n) is 10.2. The van der Waals surface area contributed by atoms with Crippen LogP contribution in [-0.4, -0.2) is 69.9 Å². The van der Waals surface area contributed by atoms with Crippen LogP contribution in [0.25, 0.3) is 0 Å². The molecule has 1 saturated heterocycles. The summed E-state index contributed by atoms with van der Waals surface area (Å²) in [6.45, 7) is 2.28. The number of amides is 1. The average Bonchev–Trinajstić information content (AvgIpc) is 2.80. The van der Waals surface area contributed by atoms with E-state index in [4.69, 9.17) is 21.1 Å². The van der Waals surface area contributed by atoms with Crippen LogP contribution in [0.3, 0.4) is 0 Å². The minimum Gasteiger partial charge on any atom is -0.495 e. The number of hydrogen-bond donors (Lipinski definition) is 1. The van der Waals surface area contributed by atoms with Crippen molar-refractivity contribution in [1.82, 2.24) is 9.21 Å². The molecule has 9 nitrogen and oxygen atoms in total. The summed E-state index contributed by atoms with van der Waals surface area (Å²) in [4.78, 5) is 25.9. The molecule has 0 aromatic heterocycles. The molecule has 0 saturated carbocycles. The van der Waals surface area contributed by atoms with Crippen LogP contribution in [0, 0.1) is 0 Å². The SMILES string of the molecule is COC(=O)C(c1ccccc1Cl)N1CCN(S(=O)(=O)c2ccc(OC)c(NC(C)=O)c2)CC1. The highest BCUT2D eigenvalue weighted by Gasteiger charge is 2.36. The number of nitrogens with one attached hydrogen (secondary N) is 1. The molecule has 11 heteroatoms. The van der Waals surface area contributed by atoms with E-state index in [1.165, 1.54) is 43.6 Å². The van der Waals surface area contributed by atoms with Gasteiger partial charge < -0.3 is 14.8 Å². The molecule has 0 aliphatic carbocycles. The van der Waals surface area contributed by atoms with Crippen LogP contribution in [-0.2, 0) is 24.3 Å². The summed E-state index contributed by atoms with van der Waals surface area (Å²) in [6, 6.07) is 10.6. The summed E-state index contributed by atoms with van der Waals surface area (Å²) in [5.74, 6) is -0.450. The van der Waals surface area contributed by atoms with Crippen molar-refractivity contribution >= 4 is 39.2 Å². The molecule has 0 spiro atoms. The molecular formula is C22H26ClN3O6S. The third-order valence-corrected chi connectivity index (χ3v) is 7.62. The highest BCUT2D eigenvalue weighted by Crippen LogP contribution is 2.32. The molecule has 178 valence electrons. The van der Waals surface area contributed by atoms with Crippen LogP contribution >= 0.6 is 11.6 Å². The molecule has 0 radical (unpaired) electrons. The molecule has 3 rings (SSSR count). The maximum atomic E-state index is 13.3. The molecule has 1 N–H and O–H groups in total. The van der Waals surface area contributed by atoms with Crippen LogP contribution in [0.1, 0.15) is 18.5 Å². The summed E-state index contributed by atoms with van der Waals surface area (Å²) in [6.07, 6.45) is 0. The van der Waals surface area contributed by atoms with Crippen molar-refractivity contribution < 1.29 is 27.5 Å². The van der Waals surface area contributed by atoms with Gasteiger partial charge in [-0.3, -0.25) is 9.69 Å². The maximum absolute atomic E-state index is 13.3. The van der Waals surface area contributed by atoms with E-state index < -0.39 is 22.0 Å². The van der Waals surface area contributed by atoms with Gasteiger partial charge in [-0.25, -0.2) is 13.2 Å². The number of ether oxygens (including phenoxy) is 2. The second kappa shape index (κ2) is 10.5. The zero-order valence-corrected chi connectivity index (χ0v) is 20.1. The first-order chi connectivity index (χ1) is 15.7. The number of sulfonamides is 1. The van der Waals surface area contributed by atoms with Crippen molar-refractivity contribution in [3.05, 3.63) is 53.1 Å². The summed E-state index contributed by atoms with van der Waals surface area (Å²) < 4.78 is 38.1. The van der Waals surface area contributed by atoms with Crippen molar-refractivity contribution in [2.45, 2.75) is 17.9 Å². The first-order valence-corrected chi connectivity index (χ1v) is 12.0. The Labute approximate surface area is 198 Å². The predicted molar refractivity (Wildman–Crippen MR) is 124 cm³/mol. The van der Waals surface area contributed by atoms with Crippen LogP contribution in [0.2, 0.25) is 5.02 Å². The lowest BCUT2D eigenvalue weighted by atomic mass is 10.0. The Morgan fingerprint density at radius 2 is 1.73 bits per heavy atom. The Morgan fingerprint density at radius 1 is 1.06 bits per heavy atom. The fraction of sp³-hybridized carbons (Fsp3) is 0.364. The van der Waals surface area contributed by atoms with Crippen molar-refractivity contribution in [3.8, 4) is 5.75 Å². The number of carbonyl (C=O) groups excluding carboxylic acids is 2. The third-order valence-electron chi connectivity index (χ3n) is 5.38. The van der Waals surface area contributed by atoms with Gasteiger partial charge in [0.05, 0.1) is 24.8 Å². The summed E-state index contributed by atoms with van der Waals surface area (Å²) in [5.41, 5.74) is 0.881. The van der Waals surface area contributed by atoms with E-state index in [0.29, 0.717) is 29.4 Å². The first kappa shape index (κ1) is 25.0. The third kappa shape index (κ3) is 5.47. The van der Waals surface area contributed by atoms with Crippen LogP contribution in [0.5, 0.6) is 5.75 Å². The van der Waals surface area contributed by atoms with Crippen LogP contribution < -0.4 is 10.1 Å². The lowest BCUT2D eigenvalue weighted by Gasteiger charge is -2.37. The molecule has 2 aromatic carbocycles. The molecule has 1 heterocycles. The number of esters is 1. The number of anilines is 1. The van der Waals surface area contributed by atoms with E-state index in [0.717, 1.165) is 0 Å². The lowest BCUT2D eigenvalue weighted by Crippen LogP contribution is -2.51. The molecule has 1 aliphatic rings. The predicted octanol–water partition coefficient (Wildman–Crippen LogP) is 2.53. The monoisotopic (exact) mass is 495 g/mol. The minimum atomic E-state index is -3.84.